The quantitative estimate of drug-likeness (QED) is 0.385. The summed E-state index contributed by atoms with van der Waals surface area (Å²) in [5, 5.41) is 4.21. The lowest BCUT2D eigenvalue weighted by atomic mass is 10.0. The second-order valence-electron chi connectivity index (χ2n) is 9.52. The van der Waals surface area contributed by atoms with E-state index in [4.69, 9.17) is 27.9 Å². The van der Waals surface area contributed by atoms with Crippen molar-refractivity contribution in [3.63, 3.8) is 0 Å². The number of hydrogen-bond acceptors (Lipinski definition) is 4. The number of benzene rings is 3. The van der Waals surface area contributed by atoms with Crippen LogP contribution in [0.3, 0.4) is 0 Å². The molecule has 8 heteroatoms. The lowest BCUT2D eigenvalue weighted by Gasteiger charge is -2.34. The molecule has 0 atom stereocenters. The van der Waals surface area contributed by atoms with Crippen LogP contribution in [-0.2, 0) is 4.79 Å². The van der Waals surface area contributed by atoms with Gasteiger partial charge >= 0.3 is 0 Å². The van der Waals surface area contributed by atoms with Crippen molar-refractivity contribution in [1.82, 2.24) is 10.2 Å². The number of ether oxygens (including phenoxy) is 1. The number of carbonyl (C=O) groups excluding carboxylic acids is 3. The van der Waals surface area contributed by atoms with Gasteiger partial charge in [0, 0.05) is 45.9 Å². The summed E-state index contributed by atoms with van der Waals surface area (Å²) in [6, 6.07) is 20.2. The average molecular weight is 539 g/mol. The Labute approximate surface area is 226 Å². The number of halogens is 2. The minimum absolute atomic E-state index is 0.0388. The Hall–Kier alpha value is -3.35. The van der Waals surface area contributed by atoms with E-state index in [1.807, 2.05) is 0 Å². The third-order valence-electron chi connectivity index (χ3n) is 6.35. The zero-order valence-electron chi connectivity index (χ0n) is 20.7. The summed E-state index contributed by atoms with van der Waals surface area (Å²) in [5.74, 6) is 0.0803. The van der Waals surface area contributed by atoms with Gasteiger partial charge < -0.3 is 15.0 Å². The first-order valence-electron chi connectivity index (χ1n) is 12.1. The number of nitrogens with zero attached hydrogens (tertiary/aromatic N) is 1. The molecule has 0 spiro atoms. The first-order chi connectivity index (χ1) is 17.6. The topological polar surface area (TPSA) is 75.7 Å². The van der Waals surface area contributed by atoms with E-state index in [0.29, 0.717) is 58.4 Å². The lowest BCUT2D eigenvalue weighted by molar-refractivity contribution is -0.135. The van der Waals surface area contributed by atoms with Crippen molar-refractivity contribution in [2.75, 3.05) is 13.1 Å². The van der Waals surface area contributed by atoms with Crippen LogP contribution in [-0.4, -0.2) is 47.2 Å². The summed E-state index contributed by atoms with van der Waals surface area (Å²) in [7, 11) is 0. The summed E-state index contributed by atoms with van der Waals surface area (Å²) < 4.78 is 5.97. The van der Waals surface area contributed by atoms with Crippen molar-refractivity contribution in [1.29, 1.82) is 0 Å². The van der Waals surface area contributed by atoms with Gasteiger partial charge in [-0.25, -0.2) is 0 Å². The molecule has 0 unspecified atom stereocenters. The van der Waals surface area contributed by atoms with Gasteiger partial charge in [-0.1, -0.05) is 23.2 Å². The highest BCUT2D eigenvalue weighted by atomic mass is 35.5. The number of rotatable bonds is 7. The summed E-state index contributed by atoms with van der Waals surface area (Å²) in [5.41, 5.74) is 0.524. The Bertz CT molecular complexity index is 1260. The zero-order valence-corrected chi connectivity index (χ0v) is 22.2. The SMILES string of the molecule is CC(C)(Oc1ccc(C(=O)c2ccc(Cl)cc2)cc1)C(=O)NC1CCN(C(=O)c2ccc(Cl)cc2)CC1. The van der Waals surface area contributed by atoms with Crippen LogP contribution in [0.1, 0.15) is 53.0 Å². The number of carbonyl (C=O) groups is 3. The fourth-order valence-electron chi connectivity index (χ4n) is 4.14. The van der Waals surface area contributed by atoms with Crippen molar-refractivity contribution >= 4 is 40.8 Å². The third kappa shape index (κ3) is 6.70. The Balaban J connectivity index is 1.29. The van der Waals surface area contributed by atoms with Crippen LogP contribution in [0.15, 0.2) is 72.8 Å². The molecule has 2 amide bonds. The predicted molar refractivity (Wildman–Crippen MR) is 145 cm³/mol. The van der Waals surface area contributed by atoms with Gasteiger partial charge in [0.1, 0.15) is 5.75 Å². The van der Waals surface area contributed by atoms with Crippen molar-refractivity contribution in [2.45, 2.75) is 38.3 Å². The third-order valence-corrected chi connectivity index (χ3v) is 6.86. The van der Waals surface area contributed by atoms with E-state index >= 15 is 0 Å². The minimum atomic E-state index is -1.13. The largest absolute Gasteiger partial charge is 0.478 e. The second-order valence-corrected chi connectivity index (χ2v) is 10.4. The maximum atomic E-state index is 13.0. The molecule has 1 heterocycles. The van der Waals surface area contributed by atoms with Crippen LogP contribution in [0.25, 0.3) is 0 Å². The normalized spacial score (nSPS) is 14.2. The van der Waals surface area contributed by atoms with Gasteiger partial charge in [0.15, 0.2) is 11.4 Å². The minimum Gasteiger partial charge on any atom is -0.478 e. The monoisotopic (exact) mass is 538 g/mol. The molecular weight excluding hydrogens is 511 g/mol. The smallest absolute Gasteiger partial charge is 0.263 e. The Morgan fingerprint density at radius 3 is 1.76 bits per heavy atom. The van der Waals surface area contributed by atoms with E-state index in [1.165, 1.54) is 0 Å². The average Bonchev–Trinajstić information content (AvgIpc) is 2.89. The Kier molecular flexibility index (Phi) is 8.20. The molecule has 0 saturated carbocycles. The van der Waals surface area contributed by atoms with E-state index in [-0.39, 0.29) is 23.6 Å². The molecule has 0 bridgehead atoms. The Morgan fingerprint density at radius 2 is 1.24 bits per heavy atom. The highest BCUT2D eigenvalue weighted by molar-refractivity contribution is 6.31. The molecule has 0 aliphatic carbocycles. The van der Waals surface area contributed by atoms with Crippen LogP contribution < -0.4 is 10.1 Å². The van der Waals surface area contributed by atoms with Crippen LogP contribution in [0.4, 0.5) is 0 Å². The maximum Gasteiger partial charge on any atom is 0.263 e. The van der Waals surface area contributed by atoms with Crippen LogP contribution in [0, 0.1) is 0 Å². The van der Waals surface area contributed by atoms with Gasteiger partial charge in [-0.3, -0.25) is 14.4 Å². The summed E-state index contributed by atoms with van der Waals surface area (Å²) in [6.45, 7) is 4.51. The second kappa shape index (κ2) is 11.4. The molecule has 3 aromatic carbocycles. The van der Waals surface area contributed by atoms with Gasteiger partial charge in [0.05, 0.1) is 0 Å². The molecular formula is C29H28Cl2N2O4. The molecule has 1 aliphatic rings. The van der Waals surface area contributed by atoms with Gasteiger partial charge in [0.2, 0.25) is 0 Å². The molecule has 37 heavy (non-hydrogen) atoms. The molecule has 1 aliphatic heterocycles. The fraction of sp³-hybridized carbons (Fsp3) is 0.276. The highest BCUT2D eigenvalue weighted by Crippen LogP contribution is 2.22. The predicted octanol–water partition coefficient (Wildman–Crippen LogP) is 5.80. The van der Waals surface area contributed by atoms with Crippen molar-refractivity contribution in [3.8, 4) is 5.75 Å². The number of piperidine rings is 1. The number of ketones is 1. The molecule has 192 valence electrons. The number of hydrogen-bond donors (Lipinski definition) is 1. The van der Waals surface area contributed by atoms with E-state index in [1.54, 1.807) is 91.5 Å². The van der Waals surface area contributed by atoms with Gasteiger partial charge in [-0.15, -0.1) is 0 Å². The van der Waals surface area contributed by atoms with Gasteiger partial charge in [-0.05, 0) is 99.5 Å². The maximum absolute atomic E-state index is 13.0. The van der Waals surface area contributed by atoms with E-state index < -0.39 is 5.60 Å². The first-order valence-corrected chi connectivity index (χ1v) is 12.8. The highest BCUT2D eigenvalue weighted by Gasteiger charge is 2.33. The number of likely N-dealkylation sites (tertiary alicyclic amines) is 1. The molecule has 1 fully saturated rings. The van der Waals surface area contributed by atoms with Crippen molar-refractivity contribution in [2.24, 2.45) is 0 Å². The lowest BCUT2D eigenvalue weighted by Crippen LogP contribution is -2.53. The summed E-state index contributed by atoms with van der Waals surface area (Å²) in [4.78, 5) is 40.2. The molecule has 6 nitrogen and oxygen atoms in total. The van der Waals surface area contributed by atoms with Crippen molar-refractivity contribution < 1.29 is 19.1 Å². The molecule has 1 saturated heterocycles. The van der Waals surface area contributed by atoms with Crippen LogP contribution in [0.2, 0.25) is 10.0 Å². The molecule has 1 N–H and O–H groups in total. The molecule has 4 rings (SSSR count). The fourth-order valence-corrected chi connectivity index (χ4v) is 4.40. The number of nitrogens with one attached hydrogen (secondary N) is 1. The molecule has 3 aromatic rings. The molecule has 0 aromatic heterocycles. The van der Waals surface area contributed by atoms with Crippen molar-refractivity contribution in [3.05, 3.63) is 99.5 Å². The summed E-state index contributed by atoms with van der Waals surface area (Å²) in [6.07, 6.45) is 1.31. The van der Waals surface area contributed by atoms with E-state index in [2.05, 4.69) is 5.32 Å². The van der Waals surface area contributed by atoms with Crippen LogP contribution >= 0.6 is 23.2 Å². The summed E-state index contributed by atoms with van der Waals surface area (Å²) >= 11 is 11.8. The van der Waals surface area contributed by atoms with E-state index in [0.717, 1.165) is 0 Å². The number of amides is 2. The van der Waals surface area contributed by atoms with Gasteiger partial charge in [-0.2, -0.15) is 0 Å². The standard InChI is InChI=1S/C29H28Cl2N2O4/c1-29(2,37-25-13-7-20(8-14-25)26(34)19-3-9-22(30)10-4-19)28(36)32-24-15-17-33(18-16-24)27(35)21-5-11-23(31)12-6-21/h3-14,24H,15-18H2,1-2H3,(H,32,36). The van der Waals surface area contributed by atoms with E-state index in [9.17, 15) is 14.4 Å². The van der Waals surface area contributed by atoms with Gasteiger partial charge in [0.25, 0.3) is 11.8 Å². The zero-order chi connectivity index (χ0) is 26.6. The molecule has 0 radical (unpaired) electrons. The Morgan fingerprint density at radius 1 is 0.784 bits per heavy atom. The first kappa shape index (κ1) is 26.7. The van der Waals surface area contributed by atoms with Crippen LogP contribution in [0.5, 0.6) is 5.75 Å².